The van der Waals surface area contributed by atoms with E-state index >= 15 is 0 Å². The number of ether oxygens (including phenoxy) is 2. The molecule has 2 aromatic rings. The average molecular weight is 296 g/mol. The fourth-order valence-corrected chi connectivity index (χ4v) is 1.77. The van der Waals surface area contributed by atoms with Gasteiger partial charge in [-0.05, 0) is 18.6 Å². The first kappa shape index (κ1) is 14.5. The summed E-state index contributed by atoms with van der Waals surface area (Å²) in [5, 5.41) is -0.0406. The van der Waals surface area contributed by atoms with Crippen LogP contribution >= 0.6 is 11.6 Å². The summed E-state index contributed by atoms with van der Waals surface area (Å²) in [6.45, 7) is 2.60. The molecule has 5 heteroatoms. The van der Waals surface area contributed by atoms with Gasteiger partial charge in [0.1, 0.15) is 5.82 Å². The highest BCUT2D eigenvalue weighted by molar-refractivity contribution is 6.31. The van der Waals surface area contributed by atoms with Crippen LogP contribution in [0.5, 0.6) is 17.2 Å². The summed E-state index contributed by atoms with van der Waals surface area (Å²) in [6.07, 6.45) is 0.888. The summed E-state index contributed by atoms with van der Waals surface area (Å²) >= 11 is 5.73. The molecule has 2 aromatic carbocycles. The van der Waals surface area contributed by atoms with Crippen LogP contribution in [-0.2, 0) is 0 Å². The van der Waals surface area contributed by atoms with E-state index in [1.54, 1.807) is 12.1 Å². The highest BCUT2D eigenvalue weighted by Crippen LogP contribution is 2.36. The summed E-state index contributed by atoms with van der Waals surface area (Å²) < 4.78 is 24.5. The number of hydrogen-bond donors (Lipinski definition) is 1. The van der Waals surface area contributed by atoms with Gasteiger partial charge in [-0.3, -0.25) is 0 Å². The van der Waals surface area contributed by atoms with Crippen LogP contribution in [0.1, 0.15) is 13.3 Å². The second-order valence-corrected chi connectivity index (χ2v) is 4.61. The van der Waals surface area contributed by atoms with Crippen LogP contribution in [0.4, 0.5) is 10.1 Å². The molecule has 0 radical (unpaired) electrons. The van der Waals surface area contributed by atoms with Gasteiger partial charge in [-0.1, -0.05) is 30.7 Å². The third-order valence-electron chi connectivity index (χ3n) is 2.58. The zero-order valence-electron chi connectivity index (χ0n) is 11.0. The van der Waals surface area contributed by atoms with Crippen molar-refractivity contribution in [2.45, 2.75) is 13.3 Å². The van der Waals surface area contributed by atoms with Crippen LogP contribution in [-0.4, -0.2) is 6.61 Å². The Morgan fingerprint density at radius 1 is 1.15 bits per heavy atom. The second kappa shape index (κ2) is 6.48. The van der Waals surface area contributed by atoms with E-state index in [0.717, 1.165) is 12.5 Å². The van der Waals surface area contributed by atoms with Crippen molar-refractivity contribution in [2.75, 3.05) is 12.3 Å². The molecule has 2 N–H and O–H groups in total. The number of nitrogen functional groups attached to an aromatic ring is 1. The van der Waals surface area contributed by atoms with Crippen molar-refractivity contribution in [3.63, 3.8) is 0 Å². The topological polar surface area (TPSA) is 44.5 Å². The number of halogens is 2. The van der Waals surface area contributed by atoms with Gasteiger partial charge < -0.3 is 15.2 Å². The van der Waals surface area contributed by atoms with E-state index in [1.807, 2.05) is 19.1 Å². The maximum Gasteiger partial charge on any atom is 0.169 e. The highest BCUT2D eigenvalue weighted by Gasteiger charge is 2.11. The Bertz CT molecular complexity index is 604. The van der Waals surface area contributed by atoms with Crippen molar-refractivity contribution in [1.82, 2.24) is 0 Å². The first-order chi connectivity index (χ1) is 9.61. The molecule has 106 valence electrons. The third-order valence-corrected chi connectivity index (χ3v) is 2.87. The summed E-state index contributed by atoms with van der Waals surface area (Å²) in [5.41, 5.74) is 5.90. The Kier molecular flexibility index (Phi) is 4.69. The molecule has 0 fully saturated rings. The summed E-state index contributed by atoms with van der Waals surface area (Å²) in [7, 11) is 0. The Hall–Kier alpha value is -1.94. The fraction of sp³-hybridized carbons (Fsp3) is 0.200. The summed E-state index contributed by atoms with van der Waals surface area (Å²) in [4.78, 5) is 0. The number of rotatable bonds is 5. The molecule has 0 atom stereocenters. The van der Waals surface area contributed by atoms with Crippen molar-refractivity contribution in [2.24, 2.45) is 0 Å². The molecule has 0 bridgehead atoms. The molecular weight excluding hydrogens is 281 g/mol. The number of para-hydroxylation sites is 2. The number of hydrogen-bond acceptors (Lipinski definition) is 3. The minimum atomic E-state index is -0.577. The van der Waals surface area contributed by atoms with Gasteiger partial charge in [0.25, 0.3) is 0 Å². The molecule has 0 aromatic heterocycles. The molecule has 20 heavy (non-hydrogen) atoms. The fourth-order valence-electron chi connectivity index (χ4n) is 1.62. The SMILES string of the molecule is CCCOc1ccccc1Oc1cc(Cl)c(F)cc1N. The van der Waals surface area contributed by atoms with Gasteiger partial charge in [-0.25, -0.2) is 4.39 Å². The lowest BCUT2D eigenvalue weighted by molar-refractivity contribution is 0.302. The Morgan fingerprint density at radius 3 is 2.55 bits per heavy atom. The molecule has 3 nitrogen and oxygen atoms in total. The van der Waals surface area contributed by atoms with E-state index in [0.29, 0.717) is 23.9 Å². The lowest BCUT2D eigenvalue weighted by Gasteiger charge is -2.13. The molecule has 0 spiro atoms. The quantitative estimate of drug-likeness (QED) is 0.817. The molecule has 0 aliphatic rings. The molecule has 0 saturated carbocycles. The maximum atomic E-state index is 13.3. The van der Waals surface area contributed by atoms with Crippen molar-refractivity contribution in [3.8, 4) is 17.2 Å². The largest absolute Gasteiger partial charge is 0.490 e. The van der Waals surface area contributed by atoms with Gasteiger partial charge in [-0.2, -0.15) is 0 Å². The van der Waals surface area contributed by atoms with Gasteiger partial charge in [-0.15, -0.1) is 0 Å². The normalized spacial score (nSPS) is 10.3. The standard InChI is InChI=1S/C15H15ClFNO2/c1-2-7-19-13-5-3-4-6-14(13)20-15-8-10(16)11(17)9-12(15)18/h3-6,8-9H,2,7,18H2,1H3. The summed E-state index contributed by atoms with van der Waals surface area (Å²) in [6, 6.07) is 9.69. The minimum absolute atomic E-state index is 0.0406. The van der Waals surface area contributed by atoms with Crippen LogP contribution in [0, 0.1) is 5.82 Å². The van der Waals surface area contributed by atoms with Gasteiger partial charge in [0.05, 0.1) is 17.3 Å². The predicted molar refractivity (Wildman–Crippen MR) is 78.1 cm³/mol. The number of benzene rings is 2. The van der Waals surface area contributed by atoms with E-state index < -0.39 is 5.82 Å². The minimum Gasteiger partial charge on any atom is -0.490 e. The van der Waals surface area contributed by atoms with E-state index in [1.165, 1.54) is 6.07 Å². The molecule has 0 aliphatic heterocycles. The van der Waals surface area contributed by atoms with E-state index in [2.05, 4.69) is 0 Å². The number of nitrogens with two attached hydrogens (primary N) is 1. The molecule has 0 aliphatic carbocycles. The molecule has 0 amide bonds. The van der Waals surface area contributed by atoms with E-state index in [9.17, 15) is 4.39 Å². The van der Waals surface area contributed by atoms with Crippen molar-refractivity contribution >= 4 is 17.3 Å². The Balaban J connectivity index is 2.28. The first-order valence-corrected chi connectivity index (χ1v) is 6.63. The summed E-state index contributed by atoms with van der Waals surface area (Å²) in [5.74, 6) is 0.834. The average Bonchev–Trinajstić information content (AvgIpc) is 2.44. The van der Waals surface area contributed by atoms with Crippen molar-refractivity contribution in [3.05, 3.63) is 47.2 Å². The maximum absolute atomic E-state index is 13.3. The molecule has 0 heterocycles. The lowest BCUT2D eigenvalue weighted by atomic mass is 10.2. The molecule has 0 unspecified atom stereocenters. The van der Waals surface area contributed by atoms with Crippen LogP contribution in [0.2, 0.25) is 5.02 Å². The van der Waals surface area contributed by atoms with Crippen LogP contribution in [0.15, 0.2) is 36.4 Å². The van der Waals surface area contributed by atoms with E-state index in [4.69, 9.17) is 26.8 Å². The molecule has 2 rings (SSSR count). The van der Waals surface area contributed by atoms with Gasteiger partial charge in [0.2, 0.25) is 0 Å². The van der Waals surface area contributed by atoms with Gasteiger partial charge in [0.15, 0.2) is 17.2 Å². The van der Waals surface area contributed by atoms with Gasteiger partial charge in [0, 0.05) is 12.1 Å². The highest BCUT2D eigenvalue weighted by atomic mass is 35.5. The van der Waals surface area contributed by atoms with Crippen molar-refractivity contribution < 1.29 is 13.9 Å². The first-order valence-electron chi connectivity index (χ1n) is 6.26. The predicted octanol–water partition coefficient (Wildman–Crippen LogP) is 4.64. The zero-order valence-corrected chi connectivity index (χ0v) is 11.8. The molecular formula is C15H15ClFNO2. The third kappa shape index (κ3) is 3.33. The Labute approximate surface area is 122 Å². The lowest BCUT2D eigenvalue weighted by Crippen LogP contribution is -1.99. The Morgan fingerprint density at radius 2 is 1.85 bits per heavy atom. The van der Waals surface area contributed by atoms with E-state index in [-0.39, 0.29) is 10.7 Å². The second-order valence-electron chi connectivity index (χ2n) is 4.20. The molecule has 0 saturated heterocycles. The van der Waals surface area contributed by atoms with Crippen LogP contribution in [0.3, 0.4) is 0 Å². The van der Waals surface area contributed by atoms with Crippen molar-refractivity contribution in [1.29, 1.82) is 0 Å². The number of anilines is 1. The smallest absolute Gasteiger partial charge is 0.169 e. The van der Waals surface area contributed by atoms with Gasteiger partial charge >= 0.3 is 0 Å². The zero-order chi connectivity index (χ0) is 14.5. The van der Waals surface area contributed by atoms with Crippen LogP contribution in [0.25, 0.3) is 0 Å². The van der Waals surface area contributed by atoms with Crippen LogP contribution < -0.4 is 15.2 Å². The monoisotopic (exact) mass is 295 g/mol.